The van der Waals surface area contributed by atoms with Gasteiger partial charge in [-0.2, -0.15) is 5.90 Å². The van der Waals surface area contributed by atoms with Crippen molar-refractivity contribution in [2.45, 2.75) is 45.4 Å². The average Bonchev–Trinajstić information content (AvgIpc) is 2.71. The van der Waals surface area contributed by atoms with Gasteiger partial charge in [-0.05, 0) is 44.0 Å². The molecule has 0 radical (unpaired) electrons. The zero-order chi connectivity index (χ0) is 22.1. The first kappa shape index (κ1) is 22.9. The Balaban J connectivity index is 1.97. The largest absolute Gasteiger partial charge is 0.457 e. The monoisotopic (exact) mass is 414 g/mol. The van der Waals surface area contributed by atoms with E-state index in [0.717, 1.165) is 5.56 Å². The fourth-order valence-electron chi connectivity index (χ4n) is 2.54. The fourth-order valence-corrected chi connectivity index (χ4v) is 2.54. The molecule has 0 heterocycles. The Morgan fingerprint density at radius 2 is 1.60 bits per heavy atom. The zero-order valence-corrected chi connectivity index (χ0v) is 17.2. The summed E-state index contributed by atoms with van der Waals surface area (Å²) in [5.41, 5.74) is 1.22. The average molecular weight is 414 g/mol. The Kier molecular flexibility index (Phi) is 7.94. The summed E-state index contributed by atoms with van der Waals surface area (Å²) in [6.45, 7) is 5.29. The van der Waals surface area contributed by atoms with Crippen molar-refractivity contribution in [1.82, 2.24) is 5.32 Å². The van der Waals surface area contributed by atoms with Gasteiger partial charge in [-0.15, -0.1) is 0 Å². The second kappa shape index (κ2) is 10.4. The molecule has 0 saturated heterocycles. The molecule has 2 aromatic rings. The highest BCUT2D eigenvalue weighted by Gasteiger charge is 2.25. The lowest BCUT2D eigenvalue weighted by molar-refractivity contribution is -0.146. The van der Waals surface area contributed by atoms with Crippen molar-refractivity contribution in [2.75, 3.05) is 0 Å². The maximum absolute atomic E-state index is 12.2. The third-order valence-electron chi connectivity index (χ3n) is 3.93. The molecule has 0 fully saturated rings. The van der Waals surface area contributed by atoms with Gasteiger partial charge < -0.3 is 19.6 Å². The fraction of sp³-hybridized carbons (Fsp3) is 0.318. The number of rotatable bonds is 7. The Labute approximate surface area is 175 Å². The van der Waals surface area contributed by atoms with Crippen LogP contribution in [-0.4, -0.2) is 29.7 Å². The van der Waals surface area contributed by atoms with Gasteiger partial charge in [-0.3, -0.25) is 0 Å². The molecule has 0 aliphatic carbocycles. The van der Waals surface area contributed by atoms with E-state index in [0.29, 0.717) is 11.1 Å². The van der Waals surface area contributed by atoms with Crippen molar-refractivity contribution in [1.29, 1.82) is 0 Å². The molecule has 8 nitrogen and oxygen atoms in total. The quantitative estimate of drug-likeness (QED) is 0.528. The van der Waals surface area contributed by atoms with Crippen molar-refractivity contribution in [3.63, 3.8) is 0 Å². The number of ether oxygens (including phenoxy) is 2. The van der Waals surface area contributed by atoms with Gasteiger partial charge in [-0.25, -0.2) is 14.4 Å². The molecule has 0 aliphatic rings. The molecule has 2 rings (SSSR count). The lowest BCUT2D eigenvalue weighted by Crippen LogP contribution is -2.46. The standard InChI is InChI=1S/C22H26N2O6/c1-22(2,3)29-21(27)24-18(20(26)30-23)13-15-9-11-17(12-10-15)19(25)28-14-16-7-5-4-6-8-16/h4-12,18H,13-14,23H2,1-3H3,(H,24,27)/t18-/m0/s1. The summed E-state index contributed by atoms with van der Waals surface area (Å²) in [5.74, 6) is 3.70. The topological polar surface area (TPSA) is 117 Å². The Bertz CT molecular complexity index is 859. The number of benzene rings is 2. The molecule has 1 atom stereocenters. The predicted molar refractivity (Wildman–Crippen MR) is 109 cm³/mol. The zero-order valence-electron chi connectivity index (χ0n) is 17.2. The van der Waals surface area contributed by atoms with Gasteiger partial charge in [0.1, 0.15) is 18.2 Å². The van der Waals surface area contributed by atoms with Gasteiger partial charge in [-0.1, -0.05) is 42.5 Å². The van der Waals surface area contributed by atoms with Crippen LogP contribution >= 0.6 is 0 Å². The van der Waals surface area contributed by atoms with E-state index in [1.165, 1.54) is 0 Å². The highest BCUT2D eigenvalue weighted by molar-refractivity contribution is 5.89. The van der Waals surface area contributed by atoms with E-state index < -0.39 is 29.7 Å². The lowest BCUT2D eigenvalue weighted by Gasteiger charge is -2.22. The van der Waals surface area contributed by atoms with E-state index in [1.807, 2.05) is 30.3 Å². The minimum atomic E-state index is -1.04. The van der Waals surface area contributed by atoms with Crippen molar-refractivity contribution in [3.05, 3.63) is 71.3 Å². The molecule has 0 aliphatic heterocycles. The van der Waals surface area contributed by atoms with E-state index >= 15 is 0 Å². The summed E-state index contributed by atoms with van der Waals surface area (Å²) in [7, 11) is 0. The molecule has 3 N–H and O–H groups in total. The smallest absolute Gasteiger partial charge is 0.408 e. The Morgan fingerprint density at radius 1 is 0.967 bits per heavy atom. The van der Waals surface area contributed by atoms with Crippen molar-refractivity contribution in [2.24, 2.45) is 5.90 Å². The van der Waals surface area contributed by atoms with Crippen LogP contribution in [0, 0.1) is 0 Å². The molecule has 0 bridgehead atoms. The van der Waals surface area contributed by atoms with Gasteiger partial charge >= 0.3 is 18.0 Å². The number of nitrogens with two attached hydrogens (primary N) is 1. The maximum atomic E-state index is 12.2. The van der Waals surface area contributed by atoms with Crippen LogP contribution in [0.4, 0.5) is 4.79 Å². The van der Waals surface area contributed by atoms with Crippen molar-refractivity contribution < 1.29 is 28.7 Å². The number of carbonyl (C=O) groups is 3. The van der Waals surface area contributed by atoms with Crippen LogP contribution in [0.5, 0.6) is 0 Å². The molecule has 30 heavy (non-hydrogen) atoms. The summed E-state index contributed by atoms with van der Waals surface area (Å²) < 4.78 is 10.4. The summed E-state index contributed by atoms with van der Waals surface area (Å²) in [6, 6.07) is 14.8. The highest BCUT2D eigenvalue weighted by atomic mass is 16.7. The van der Waals surface area contributed by atoms with Crippen molar-refractivity contribution >= 4 is 18.0 Å². The number of hydrogen-bond acceptors (Lipinski definition) is 7. The number of amides is 1. The number of esters is 1. The molecule has 8 heteroatoms. The summed E-state index contributed by atoms with van der Waals surface area (Å²) in [6.07, 6.45) is -0.659. The number of alkyl carbamates (subject to hydrolysis) is 1. The third kappa shape index (κ3) is 7.56. The lowest BCUT2D eigenvalue weighted by atomic mass is 10.0. The van der Waals surface area contributed by atoms with Gasteiger partial charge in [0.25, 0.3) is 0 Å². The van der Waals surface area contributed by atoms with Gasteiger partial charge in [0.05, 0.1) is 5.56 Å². The molecule has 2 aromatic carbocycles. The molecule has 1 amide bonds. The van der Waals surface area contributed by atoms with Gasteiger partial charge in [0.15, 0.2) is 0 Å². The molecule has 160 valence electrons. The predicted octanol–water partition coefficient (Wildman–Crippen LogP) is 2.90. The minimum Gasteiger partial charge on any atom is -0.457 e. The second-order valence-electron chi connectivity index (χ2n) is 7.60. The van der Waals surface area contributed by atoms with Gasteiger partial charge in [0, 0.05) is 6.42 Å². The van der Waals surface area contributed by atoms with Crippen LogP contribution in [0.3, 0.4) is 0 Å². The van der Waals surface area contributed by atoms with Crippen LogP contribution in [0.2, 0.25) is 0 Å². The Hall–Kier alpha value is -3.39. The van der Waals surface area contributed by atoms with Gasteiger partial charge in [0.2, 0.25) is 0 Å². The maximum Gasteiger partial charge on any atom is 0.408 e. The van der Waals surface area contributed by atoms with Crippen LogP contribution in [0.25, 0.3) is 0 Å². The first-order chi connectivity index (χ1) is 14.2. The third-order valence-corrected chi connectivity index (χ3v) is 3.93. The number of carbonyl (C=O) groups excluding carboxylic acids is 3. The summed E-state index contributed by atoms with van der Waals surface area (Å²) in [5, 5.41) is 2.44. The van der Waals surface area contributed by atoms with E-state index in [9.17, 15) is 14.4 Å². The first-order valence-electron chi connectivity index (χ1n) is 9.38. The summed E-state index contributed by atoms with van der Waals surface area (Å²) >= 11 is 0. The second-order valence-corrected chi connectivity index (χ2v) is 7.60. The molecule has 0 unspecified atom stereocenters. The molecular weight excluding hydrogens is 388 g/mol. The normalized spacial score (nSPS) is 11.9. The first-order valence-corrected chi connectivity index (χ1v) is 9.38. The molecular formula is C22H26N2O6. The van der Waals surface area contributed by atoms with Crippen LogP contribution in [0.1, 0.15) is 42.3 Å². The number of nitrogens with one attached hydrogen (secondary N) is 1. The van der Waals surface area contributed by atoms with E-state index in [-0.39, 0.29) is 13.0 Å². The molecule has 0 aromatic heterocycles. The molecule has 0 saturated carbocycles. The number of hydrogen-bond donors (Lipinski definition) is 2. The minimum absolute atomic E-state index is 0.106. The highest BCUT2D eigenvalue weighted by Crippen LogP contribution is 2.12. The van der Waals surface area contributed by atoms with Crippen molar-refractivity contribution in [3.8, 4) is 0 Å². The van der Waals surface area contributed by atoms with E-state index in [1.54, 1.807) is 45.0 Å². The van der Waals surface area contributed by atoms with Crippen LogP contribution < -0.4 is 11.2 Å². The van der Waals surface area contributed by atoms with Crippen LogP contribution in [-0.2, 0) is 32.1 Å². The van der Waals surface area contributed by atoms with Crippen LogP contribution in [0.15, 0.2) is 54.6 Å². The van der Waals surface area contributed by atoms with E-state index in [4.69, 9.17) is 15.4 Å². The Morgan fingerprint density at radius 3 is 2.17 bits per heavy atom. The molecule has 0 spiro atoms. The van der Waals surface area contributed by atoms with E-state index in [2.05, 4.69) is 10.2 Å². The SMILES string of the molecule is CC(C)(C)OC(=O)N[C@@H](Cc1ccc(C(=O)OCc2ccccc2)cc1)C(=O)ON. The summed E-state index contributed by atoms with van der Waals surface area (Å²) in [4.78, 5) is 40.4.